The van der Waals surface area contributed by atoms with Crippen LogP contribution in [0.1, 0.15) is 37.0 Å². The minimum absolute atomic E-state index is 0.0828. The van der Waals surface area contributed by atoms with E-state index in [4.69, 9.17) is 9.47 Å². The molecule has 0 aliphatic rings. The van der Waals surface area contributed by atoms with Gasteiger partial charge in [-0.15, -0.1) is 0 Å². The summed E-state index contributed by atoms with van der Waals surface area (Å²) in [6.45, 7) is 4.43. The quantitative estimate of drug-likeness (QED) is 0.681. The molecular formula is C18H20O3. The summed E-state index contributed by atoms with van der Waals surface area (Å²) in [5, 5.41) is 0. The number of rotatable bonds is 7. The normalized spacial score (nSPS) is 10.2. The van der Waals surface area contributed by atoms with Crippen LogP contribution in [0.3, 0.4) is 0 Å². The standard InChI is InChI=1S/C18H20O3/c1-3-8-17(19)16-13-15(11-12-18(16)20-4-2)21-14-9-6-5-7-10-14/h5-7,9-13H,3-4,8H2,1-2H3. The highest BCUT2D eigenvalue weighted by molar-refractivity contribution is 5.99. The molecule has 21 heavy (non-hydrogen) atoms. The van der Waals surface area contributed by atoms with E-state index in [0.717, 1.165) is 12.2 Å². The molecule has 0 saturated carbocycles. The zero-order valence-corrected chi connectivity index (χ0v) is 12.5. The van der Waals surface area contributed by atoms with Gasteiger partial charge in [-0.05, 0) is 43.7 Å². The first-order valence-corrected chi connectivity index (χ1v) is 7.27. The third-order valence-corrected chi connectivity index (χ3v) is 3.01. The maximum absolute atomic E-state index is 12.2. The van der Waals surface area contributed by atoms with Crippen molar-refractivity contribution < 1.29 is 14.3 Å². The highest BCUT2D eigenvalue weighted by Gasteiger charge is 2.13. The molecule has 0 radical (unpaired) electrons. The Balaban J connectivity index is 2.27. The zero-order valence-electron chi connectivity index (χ0n) is 12.5. The maximum atomic E-state index is 12.2. The number of benzene rings is 2. The first-order chi connectivity index (χ1) is 10.2. The predicted octanol–water partition coefficient (Wildman–Crippen LogP) is 4.86. The van der Waals surface area contributed by atoms with Gasteiger partial charge in [0.05, 0.1) is 12.2 Å². The number of hydrogen-bond acceptors (Lipinski definition) is 3. The van der Waals surface area contributed by atoms with E-state index in [1.165, 1.54) is 0 Å². The van der Waals surface area contributed by atoms with Crippen molar-refractivity contribution in [2.75, 3.05) is 6.61 Å². The number of ether oxygens (including phenoxy) is 2. The largest absolute Gasteiger partial charge is 0.493 e. The summed E-state index contributed by atoms with van der Waals surface area (Å²) in [6, 6.07) is 14.9. The lowest BCUT2D eigenvalue weighted by molar-refractivity contribution is 0.0977. The van der Waals surface area contributed by atoms with E-state index in [1.54, 1.807) is 12.1 Å². The number of hydrogen-bond donors (Lipinski definition) is 0. The average molecular weight is 284 g/mol. The van der Waals surface area contributed by atoms with E-state index in [9.17, 15) is 4.79 Å². The molecule has 0 saturated heterocycles. The third kappa shape index (κ3) is 4.09. The van der Waals surface area contributed by atoms with Gasteiger partial charge in [0.2, 0.25) is 0 Å². The molecule has 0 aliphatic heterocycles. The van der Waals surface area contributed by atoms with Crippen molar-refractivity contribution in [3.8, 4) is 17.2 Å². The number of ketones is 1. The first-order valence-electron chi connectivity index (χ1n) is 7.27. The topological polar surface area (TPSA) is 35.5 Å². The van der Waals surface area contributed by atoms with Crippen LogP contribution in [-0.4, -0.2) is 12.4 Å². The number of carbonyl (C=O) groups excluding carboxylic acids is 1. The van der Waals surface area contributed by atoms with E-state index in [0.29, 0.717) is 30.1 Å². The van der Waals surface area contributed by atoms with Gasteiger partial charge in [-0.1, -0.05) is 25.1 Å². The van der Waals surface area contributed by atoms with Gasteiger partial charge in [-0.3, -0.25) is 4.79 Å². The molecule has 110 valence electrons. The van der Waals surface area contributed by atoms with Crippen molar-refractivity contribution in [1.82, 2.24) is 0 Å². The minimum atomic E-state index is 0.0828. The zero-order chi connectivity index (χ0) is 15.1. The Bertz CT molecular complexity index is 591. The smallest absolute Gasteiger partial charge is 0.166 e. The molecule has 0 aliphatic carbocycles. The molecule has 0 unspecified atom stereocenters. The minimum Gasteiger partial charge on any atom is -0.493 e. The van der Waals surface area contributed by atoms with Crippen molar-refractivity contribution in [3.05, 3.63) is 54.1 Å². The van der Waals surface area contributed by atoms with Gasteiger partial charge >= 0.3 is 0 Å². The van der Waals surface area contributed by atoms with E-state index >= 15 is 0 Å². The van der Waals surface area contributed by atoms with Crippen molar-refractivity contribution in [3.63, 3.8) is 0 Å². The highest BCUT2D eigenvalue weighted by Crippen LogP contribution is 2.29. The molecule has 0 N–H and O–H groups in total. The maximum Gasteiger partial charge on any atom is 0.166 e. The molecule has 3 nitrogen and oxygen atoms in total. The summed E-state index contributed by atoms with van der Waals surface area (Å²) in [5.41, 5.74) is 0.590. The van der Waals surface area contributed by atoms with Crippen LogP contribution < -0.4 is 9.47 Å². The molecular weight excluding hydrogens is 264 g/mol. The Labute approximate surface area is 125 Å². The lowest BCUT2D eigenvalue weighted by atomic mass is 10.1. The van der Waals surface area contributed by atoms with E-state index in [-0.39, 0.29) is 5.78 Å². The lowest BCUT2D eigenvalue weighted by Gasteiger charge is -2.12. The van der Waals surface area contributed by atoms with Crippen LogP contribution in [0.15, 0.2) is 48.5 Å². The van der Waals surface area contributed by atoms with Crippen LogP contribution in [-0.2, 0) is 0 Å². The van der Waals surface area contributed by atoms with Crippen molar-refractivity contribution in [1.29, 1.82) is 0 Å². The van der Waals surface area contributed by atoms with Gasteiger partial charge in [0.15, 0.2) is 5.78 Å². The second-order valence-corrected chi connectivity index (χ2v) is 4.68. The van der Waals surface area contributed by atoms with Gasteiger partial charge in [0.1, 0.15) is 17.2 Å². The Morgan fingerprint density at radius 3 is 2.43 bits per heavy atom. The van der Waals surface area contributed by atoms with E-state index < -0.39 is 0 Å². The fraction of sp³-hybridized carbons (Fsp3) is 0.278. The van der Waals surface area contributed by atoms with Crippen molar-refractivity contribution in [2.24, 2.45) is 0 Å². The van der Waals surface area contributed by atoms with Gasteiger partial charge in [-0.25, -0.2) is 0 Å². The molecule has 2 aromatic carbocycles. The Kier molecular flexibility index (Phi) is 5.38. The molecule has 0 fully saturated rings. The number of Topliss-reactive ketones (excluding diaryl/α,β-unsaturated/α-hetero) is 1. The Morgan fingerprint density at radius 1 is 1.00 bits per heavy atom. The van der Waals surface area contributed by atoms with Crippen LogP contribution >= 0.6 is 0 Å². The summed E-state index contributed by atoms with van der Waals surface area (Å²) in [7, 11) is 0. The molecule has 2 rings (SSSR count). The monoisotopic (exact) mass is 284 g/mol. The molecule has 3 heteroatoms. The van der Waals surface area contributed by atoms with Crippen LogP contribution in [0.4, 0.5) is 0 Å². The Hall–Kier alpha value is -2.29. The predicted molar refractivity (Wildman–Crippen MR) is 83.4 cm³/mol. The second kappa shape index (κ2) is 7.48. The third-order valence-electron chi connectivity index (χ3n) is 3.01. The molecule has 0 aromatic heterocycles. The fourth-order valence-corrected chi connectivity index (χ4v) is 2.06. The Morgan fingerprint density at radius 2 is 1.76 bits per heavy atom. The molecule has 0 bridgehead atoms. The van der Waals surface area contributed by atoms with Gasteiger partial charge in [-0.2, -0.15) is 0 Å². The highest BCUT2D eigenvalue weighted by atomic mass is 16.5. The summed E-state index contributed by atoms with van der Waals surface area (Å²) in [4.78, 5) is 12.2. The number of para-hydroxylation sites is 1. The van der Waals surface area contributed by atoms with Crippen LogP contribution in [0, 0.1) is 0 Å². The van der Waals surface area contributed by atoms with E-state index in [2.05, 4.69) is 0 Å². The molecule has 0 amide bonds. The summed E-state index contributed by atoms with van der Waals surface area (Å²) < 4.78 is 11.3. The second-order valence-electron chi connectivity index (χ2n) is 4.68. The molecule has 0 spiro atoms. The van der Waals surface area contributed by atoms with Crippen molar-refractivity contribution >= 4 is 5.78 Å². The lowest BCUT2D eigenvalue weighted by Crippen LogP contribution is -2.04. The van der Waals surface area contributed by atoms with Crippen LogP contribution in [0.25, 0.3) is 0 Å². The van der Waals surface area contributed by atoms with Crippen LogP contribution in [0.2, 0.25) is 0 Å². The SMILES string of the molecule is CCCC(=O)c1cc(Oc2ccccc2)ccc1OCC. The first kappa shape index (κ1) is 15.1. The van der Waals surface area contributed by atoms with E-state index in [1.807, 2.05) is 50.2 Å². The molecule has 2 aromatic rings. The van der Waals surface area contributed by atoms with Crippen molar-refractivity contribution in [2.45, 2.75) is 26.7 Å². The molecule has 0 heterocycles. The fourth-order valence-electron chi connectivity index (χ4n) is 2.06. The summed E-state index contributed by atoms with van der Waals surface area (Å²) >= 11 is 0. The summed E-state index contributed by atoms with van der Waals surface area (Å²) in [6.07, 6.45) is 1.32. The van der Waals surface area contributed by atoms with Crippen LogP contribution in [0.5, 0.6) is 17.2 Å². The van der Waals surface area contributed by atoms with Gasteiger partial charge in [0.25, 0.3) is 0 Å². The van der Waals surface area contributed by atoms with Gasteiger partial charge < -0.3 is 9.47 Å². The van der Waals surface area contributed by atoms with Gasteiger partial charge in [0, 0.05) is 6.42 Å². The summed E-state index contributed by atoms with van der Waals surface area (Å²) in [5.74, 6) is 2.09. The number of carbonyl (C=O) groups is 1. The molecule has 0 atom stereocenters. The average Bonchev–Trinajstić information content (AvgIpc) is 2.50.